The number of nitrogens with one attached hydrogen (secondary N) is 1. The van der Waals surface area contributed by atoms with Crippen LogP contribution in [0.2, 0.25) is 0 Å². The Morgan fingerprint density at radius 2 is 1.86 bits per heavy atom. The van der Waals surface area contributed by atoms with Gasteiger partial charge in [-0.2, -0.15) is 8.78 Å². The monoisotopic (exact) mass is 430 g/mol. The predicted octanol–water partition coefficient (Wildman–Crippen LogP) is 3.64. The second-order valence-corrected chi connectivity index (χ2v) is 8.61. The van der Waals surface area contributed by atoms with Gasteiger partial charge in [0.25, 0.3) is 5.91 Å². The minimum Gasteiger partial charge on any atom is -0.399 e. The van der Waals surface area contributed by atoms with Gasteiger partial charge in [-0.3, -0.25) is 4.79 Å². The average molecular weight is 431 g/mol. The molecular formula is C19H21ClF2N2O3S. The van der Waals surface area contributed by atoms with Crippen LogP contribution in [0.25, 0.3) is 0 Å². The Morgan fingerprint density at radius 3 is 2.50 bits per heavy atom. The third-order valence-electron chi connectivity index (χ3n) is 4.64. The highest BCUT2D eigenvalue weighted by atomic mass is 35.5. The molecule has 3 N–H and O–H groups in total. The van der Waals surface area contributed by atoms with E-state index >= 15 is 0 Å². The largest absolute Gasteiger partial charge is 0.399 e. The molecule has 2 aromatic carbocycles. The Morgan fingerprint density at radius 1 is 1.18 bits per heavy atom. The van der Waals surface area contributed by atoms with Crippen molar-refractivity contribution in [2.45, 2.75) is 36.8 Å². The van der Waals surface area contributed by atoms with Gasteiger partial charge in [0, 0.05) is 11.3 Å². The van der Waals surface area contributed by atoms with Crippen molar-refractivity contribution in [1.29, 1.82) is 0 Å². The number of benzene rings is 2. The van der Waals surface area contributed by atoms with Gasteiger partial charge in [-0.25, -0.2) is 8.42 Å². The summed E-state index contributed by atoms with van der Waals surface area (Å²) in [7, 11) is -4.49. The molecule has 9 heteroatoms. The maximum absolute atomic E-state index is 12.5. The maximum Gasteiger partial charge on any atom is 0.337 e. The molecule has 1 atom stereocenters. The van der Waals surface area contributed by atoms with E-state index in [1.807, 2.05) is 18.2 Å². The number of aryl methyl sites for hydroxylation is 1. The number of carbonyl (C=O) groups excluding carboxylic acids is 1. The normalized spacial score (nSPS) is 16.2. The van der Waals surface area contributed by atoms with E-state index in [2.05, 4.69) is 5.32 Å². The van der Waals surface area contributed by atoms with Crippen LogP contribution in [0.15, 0.2) is 42.5 Å². The molecule has 0 spiro atoms. The number of alkyl halides is 2. The number of hydrogen-bond acceptors (Lipinski definition) is 4. The molecule has 0 heterocycles. The van der Waals surface area contributed by atoms with Crippen molar-refractivity contribution in [3.05, 3.63) is 64.7 Å². The van der Waals surface area contributed by atoms with Gasteiger partial charge in [-0.1, -0.05) is 18.2 Å². The van der Waals surface area contributed by atoms with E-state index in [-0.39, 0.29) is 29.9 Å². The molecular weight excluding hydrogens is 410 g/mol. The second-order valence-electron chi connectivity index (χ2n) is 6.64. The standard InChI is InChI=1S/C19H20F2N2O3S.ClH/c20-19(21)27(25,26)11-12-4-6-13(7-5-12)18(24)23-17-3-1-2-14-10-15(22)8-9-16(14)17;/h4-10,17,19H,1-3,11,22H2,(H,23,24);1H. The number of carbonyl (C=O) groups is 1. The van der Waals surface area contributed by atoms with Crippen molar-refractivity contribution in [3.8, 4) is 0 Å². The molecule has 0 aliphatic heterocycles. The summed E-state index contributed by atoms with van der Waals surface area (Å²) in [5.41, 5.74) is 9.23. The molecule has 1 aliphatic carbocycles. The summed E-state index contributed by atoms with van der Waals surface area (Å²) in [6.07, 6.45) is 2.67. The number of nitrogens with two attached hydrogens (primary N) is 1. The number of halogens is 3. The highest BCUT2D eigenvalue weighted by molar-refractivity contribution is 7.90. The lowest BCUT2D eigenvalue weighted by atomic mass is 9.87. The Labute approximate surface area is 168 Å². The summed E-state index contributed by atoms with van der Waals surface area (Å²) < 4.78 is 47.5. The molecule has 28 heavy (non-hydrogen) atoms. The Bertz CT molecular complexity index is 950. The van der Waals surface area contributed by atoms with Gasteiger partial charge in [-0.05, 0) is 60.2 Å². The highest BCUT2D eigenvalue weighted by Gasteiger charge is 2.25. The van der Waals surface area contributed by atoms with E-state index < -0.39 is 21.3 Å². The van der Waals surface area contributed by atoms with Gasteiger partial charge in [0.15, 0.2) is 0 Å². The number of anilines is 1. The molecule has 1 aliphatic rings. The Hall–Kier alpha value is -2.19. The zero-order valence-corrected chi connectivity index (χ0v) is 16.5. The SMILES string of the molecule is Cl.Nc1ccc2c(c1)CCCC2NC(=O)c1ccc(CS(=O)(=O)C(F)F)cc1. The molecule has 2 aromatic rings. The number of rotatable bonds is 5. The van der Waals surface area contributed by atoms with E-state index in [1.165, 1.54) is 24.3 Å². The molecule has 0 fully saturated rings. The number of nitrogen functional groups attached to an aromatic ring is 1. The van der Waals surface area contributed by atoms with Gasteiger partial charge in [0.1, 0.15) is 0 Å². The van der Waals surface area contributed by atoms with Crippen LogP contribution in [0.5, 0.6) is 0 Å². The third-order valence-corrected chi connectivity index (χ3v) is 5.92. The van der Waals surface area contributed by atoms with Crippen LogP contribution >= 0.6 is 12.4 Å². The summed E-state index contributed by atoms with van der Waals surface area (Å²) >= 11 is 0. The zero-order valence-electron chi connectivity index (χ0n) is 14.9. The molecule has 1 amide bonds. The highest BCUT2D eigenvalue weighted by Crippen LogP contribution is 2.31. The van der Waals surface area contributed by atoms with Crippen LogP contribution in [0, 0.1) is 0 Å². The fraction of sp³-hybridized carbons (Fsp3) is 0.316. The van der Waals surface area contributed by atoms with E-state index in [4.69, 9.17) is 5.73 Å². The molecule has 0 aromatic heterocycles. The van der Waals surface area contributed by atoms with Crippen LogP contribution in [0.3, 0.4) is 0 Å². The zero-order chi connectivity index (χ0) is 19.6. The summed E-state index contributed by atoms with van der Waals surface area (Å²) in [5, 5.41) is 2.98. The first-order valence-electron chi connectivity index (χ1n) is 8.54. The first kappa shape index (κ1) is 22.1. The van der Waals surface area contributed by atoms with Gasteiger partial charge in [-0.15, -0.1) is 12.4 Å². The van der Waals surface area contributed by atoms with Crippen LogP contribution in [-0.2, 0) is 22.0 Å². The first-order valence-corrected chi connectivity index (χ1v) is 10.3. The molecule has 0 saturated carbocycles. The average Bonchev–Trinajstić information content (AvgIpc) is 2.61. The Kier molecular flexibility index (Phi) is 7.01. The van der Waals surface area contributed by atoms with Crippen molar-refractivity contribution in [2.75, 3.05) is 5.73 Å². The van der Waals surface area contributed by atoms with Crippen LogP contribution in [0.4, 0.5) is 14.5 Å². The predicted molar refractivity (Wildman–Crippen MR) is 106 cm³/mol. The van der Waals surface area contributed by atoms with Gasteiger partial charge >= 0.3 is 5.76 Å². The summed E-state index contributed by atoms with van der Waals surface area (Å²) in [6, 6.07) is 11.2. The molecule has 1 unspecified atom stereocenters. The fourth-order valence-corrected chi connectivity index (χ4v) is 4.06. The third kappa shape index (κ3) is 4.99. The van der Waals surface area contributed by atoms with Crippen molar-refractivity contribution in [2.24, 2.45) is 0 Å². The molecule has 0 saturated heterocycles. The Balaban J connectivity index is 0.00000280. The van der Waals surface area contributed by atoms with Gasteiger partial charge < -0.3 is 11.1 Å². The topological polar surface area (TPSA) is 89.3 Å². The lowest BCUT2D eigenvalue weighted by Crippen LogP contribution is -2.31. The summed E-state index contributed by atoms with van der Waals surface area (Å²) in [4.78, 5) is 12.5. The molecule has 0 radical (unpaired) electrons. The van der Waals surface area contributed by atoms with E-state index in [0.717, 1.165) is 30.4 Å². The van der Waals surface area contributed by atoms with Crippen LogP contribution in [0.1, 0.15) is 45.9 Å². The molecule has 3 rings (SSSR count). The van der Waals surface area contributed by atoms with Gasteiger partial charge in [0.05, 0.1) is 11.8 Å². The van der Waals surface area contributed by atoms with Gasteiger partial charge in [0.2, 0.25) is 9.84 Å². The van der Waals surface area contributed by atoms with Crippen molar-refractivity contribution >= 4 is 33.8 Å². The van der Waals surface area contributed by atoms with E-state index in [1.54, 1.807) is 0 Å². The molecule has 5 nitrogen and oxygen atoms in total. The maximum atomic E-state index is 12.5. The first-order chi connectivity index (χ1) is 12.8. The van der Waals surface area contributed by atoms with Crippen molar-refractivity contribution < 1.29 is 22.0 Å². The lowest BCUT2D eigenvalue weighted by Gasteiger charge is -2.26. The fourth-order valence-electron chi connectivity index (χ4n) is 3.27. The smallest absolute Gasteiger partial charge is 0.337 e. The number of fused-ring (bicyclic) bond motifs is 1. The summed E-state index contributed by atoms with van der Waals surface area (Å²) in [5.74, 6) is -4.47. The number of sulfone groups is 1. The van der Waals surface area contributed by atoms with E-state index in [9.17, 15) is 22.0 Å². The molecule has 152 valence electrons. The van der Waals surface area contributed by atoms with Crippen molar-refractivity contribution in [1.82, 2.24) is 5.32 Å². The van der Waals surface area contributed by atoms with Crippen LogP contribution < -0.4 is 11.1 Å². The van der Waals surface area contributed by atoms with Crippen molar-refractivity contribution in [3.63, 3.8) is 0 Å². The van der Waals surface area contributed by atoms with Crippen LogP contribution in [-0.4, -0.2) is 20.1 Å². The minimum atomic E-state index is -4.49. The lowest BCUT2D eigenvalue weighted by molar-refractivity contribution is 0.0932. The minimum absolute atomic E-state index is 0. The second kappa shape index (κ2) is 8.87. The molecule has 0 bridgehead atoms. The van der Waals surface area contributed by atoms with E-state index in [0.29, 0.717) is 11.3 Å². The quantitative estimate of drug-likeness (QED) is 0.709. The number of amides is 1. The summed E-state index contributed by atoms with van der Waals surface area (Å²) in [6.45, 7) is 0. The number of hydrogen-bond donors (Lipinski definition) is 2.